The van der Waals surface area contributed by atoms with Crippen molar-refractivity contribution in [1.82, 2.24) is 0 Å². The van der Waals surface area contributed by atoms with Gasteiger partial charge in [0.05, 0.1) is 0 Å². The van der Waals surface area contributed by atoms with Gasteiger partial charge in [0.25, 0.3) is 0 Å². The molecule has 0 spiro atoms. The van der Waals surface area contributed by atoms with E-state index in [-0.39, 0.29) is 0 Å². The van der Waals surface area contributed by atoms with Crippen molar-refractivity contribution in [2.75, 3.05) is 0 Å². The summed E-state index contributed by atoms with van der Waals surface area (Å²) in [6.45, 7) is 4.29. The number of halogens is 1. The molecule has 2 aromatic carbocycles. The molecule has 0 N–H and O–H groups in total. The van der Waals surface area contributed by atoms with Gasteiger partial charge in [-0.3, -0.25) is 0 Å². The van der Waals surface area contributed by atoms with Gasteiger partial charge in [-0.05, 0) is 62.4 Å². The molecule has 0 saturated heterocycles. The second-order valence-corrected chi connectivity index (χ2v) is 5.86. The van der Waals surface area contributed by atoms with E-state index in [1.807, 2.05) is 0 Å². The summed E-state index contributed by atoms with van der Waals surface area (Å²) in [4.78, 5) is 0. The third kappa shape index (κ3) is 3.30. The molecule has 0 aliphatic rings. The van der Waals surface area contributed by atoms with Crippen LogP contribution in [-0.2, 0) is 0 Å². The molecule has 0 aromatic heterocycles. The van der Waals surface area contributed by atoms with Gasteiger partial charge in [-0.2, -0.15) is 0 Å². The predicted molar refractivity (Wildman–Crippen MR) is 89.8 cm³/mol. The average molecular weight is 364 g/mol. The van der Waals surface area contributed by atoms with Crippen LogP contribution in [0.5, 0.6) is 0 Å². The Morgan fingerprint density at radius 1 is 0.889 bits per heavy atom. The minimum Gasteiger partial charge on any atom is -0.0584 e. The van der Waals surface area contributed by atoms with Crippen molar-refractivity contribution in [3.63, 3.8) is 0 Å². The average Bonchev–Trinajstić information content (AvgIpc) is 2.40. The molecule has 0 atom stereocenters. The fourth-order valence-corrected chi connectivity index (χ4v) is 2.23. The summed E-state index contributed by atoms with van der Waals surface area (Å²) in [7, 11) is 1.51. The molecule has 0 saturated carbocycles. The summed E-state index contributed by atoms with van der Waals surface area (Å²) in [5.41, 5.74) is 6.23. The molecule has 0 aliphatic heterocycles. The highest BCUT2D eigenvalue weighted by Gasteiger charge is 1.99. The van der Waals surface area contributed by atoms with Crippen LogP contribution in [0.2, 0.25) is 0 Å². The van der Waals surface area contributed by atoms with E-state index in [1.54, 1.807) is 0 Å². The van der Waals surface area contributed by atoms with E-state index in [9.17, 15) is 0 Å². The predicted octanol–water partition coefficient (Wildman–Crippen LogP) is 5.36. The van der Waals surface area contributed by atoms with Gasteiger partial charge < -0.3 is 0 Å². The Hall–Kier alpha value is -0.920. The maximum atomic E-state index is 3.10. The summed E-state index contributed by atoms with van der Waals surface area (Å²) >= 11 is 2.18. The van der Waals surface area contributed by atoms with Crippen molar-refractivity contribution in [1.29, 1.82) is 0 Å². The number of aryl methyl sites for hydroxylation is 2. The molecule has 0 fully saturated rings. The van der Waals surface area contributed by atoms with E-state index in [0.717, 1.165) is 5.56 Å². The molecule has 90 valence electrons. The van der Waals surface area contributed by atoms with Gasteiger partial charge in [0.2, 0.25) is 0 Å². The van der Waals surface area contributed by atoms with Gasteiger partial charge >= 0.3 is 0 Å². The first-order chi connectivity index (χ1) is 8.70. The van der Waals surface area contributed by atoms with Crippen molar-refractivity contribution in [2.45, 2.75) is 13.8 Å². The van der Waals surface area contributed by atoms with Crippen molar-refractivity contribution in [2.24, 2.45) is 0 Å². The van der Waals surface area contributed by atoms with Gasteiger partial charge in [-0.15, -0.1) is 0 Å². The van der Waals surface area contributed by atoms with E-state index < -0.39 is 0 Å². The van der Waals surface area contributed by atoms with E-state index in [0.29, 0.717) is 0 Å². The molecule has 0 radical (unpaired) electrons. The van der Waals surface area contributed by atoms with Gasteiger partial charge in [0, 0.05) is 26.8 Å². The zero-order chi connectivity index (χ0) is 13.0. The molecule has 0 heterocycles. The van der Waals surface area contributed by atoms with E-state index >= 15 is 0 Å². The molecule has 0 nitrogen and oxygen atoms in total. The van der Waals surface area contributed by atoms with Crippen molar-refractivity contribution in [3.05, 3.63) is 59.2 Å². The zero-order valence-electron chi connectivity index (χ0n) is 10.3. The first-order valence-electron chi connectivity index (χ1n) is 5.67. The van der Waals surface area contributed by atoms with Crippen LogP contribution in [0, 0.1) is 25.0 Å². The number of rotatable bonds is 1. The minimum absolute atomic E-state index is 1.06. The van der Waals surface area contributed by atoms with Crippen LogP contribution in [0.1, 0.15) is 16.7 Å². The monoisotopic (exact) mass is 364 g/mol. The fraction of sp³-hybridized carbons (Fsp3) is 0.125. The maximum absolute atomic E-state index is 3.10. The molecule has 2 aromatic rings. The van der Waals surface area contributed by atoms with Crippen LogP contribution in [-0.4, -0.2) is 0 Å². The molecule has 18 heavy (non-hydrogen) atoms. The highest BCUT2D eigenvalue weighted by atomic mass is 127. The topological polar surface area (TPSA) is 0 Å². The third-order valence-electron chi connectivity index (χ3n) is 2.96. The summed E-state index contributed by atoms with van der Waals surface area (Å²) in [6, 6.07) is 15.0. The van der Waals surface area contributed by atoms with Crippen LogP contribution < -0.4 is 0 Å². The highest BCUT2D eigenvalue weighted by Crippen LogP contribution is 2.22. The lowest BCUT2D eigenvalue weighted by Gasteiger charge is -2.05. The summed E-state index contributed by atoms with van der Waals surface area (Å²) < 4.78 is 0. The summed E-state index contributed by atoms with van der Waals surface area (Å²) in [6.07, 6.45) is 0. The molecule has 2 heteroatoms. The minimum atomic E-state index is 1.06. The van der Waals surface area contributed by atoms with Crippen LogP contribution in [0.25, 0.3) is 11.1 Å². The molecule has 2 rings (SSSR count). The largest absolute Gasteiger partial charge is 0.0584 e. The van der Waals surface area contributed by atoms with Crippen LogP contribution in [0.15, 0.2) is 42.5 Å². The molecule has 0 bridgehead atoms. The maximum Gasteiger partial charge on any atom is 0.0254 e. The Balaban J connectivity index is 2.31. The second kappa shape index (κ2) is 6.31. The lowest BCUT2D eigenvalue weighted by atomic mass is 10.00. The smallest absolute Gasteiger partial charge is 0.0254 e. The van der Waals surface area contributed by atoms with Crippen LogP contribution in [0.4, 0.5) is 0 Å². The zero-order valence-corrected chi connectivity index (χ0v) is 13.3. The third-order valence-corrected chi connectivity index (χ3v) is 3.80. The molecule has 0 aliphatic carbocycles. The Morgan fingerprint density at radius 2 is 1.56 bits per heavy atom. The van der Waals surface area contributed by atoms with Gasteiger partial charge in [-0.25, -0.2) is 0 Å². The molecule has 0 unspecified atom stereocenters. The molecular weight excluding hydrogens is 351 g/mol. The Morgan fingerprint density at radius 3 is 2.17 bits per heavy atom. The quantitative estimate of drug-likeness (QED) is 0.485. The van der Waals surface area contributed by atoms with Crippen molar-refractivity contribution >= 4 is 30.1 Å². The Kier molecular flexibility index (Phi) is 4.73. The fourth-order valence-electron chi connectivity index (χ4n) is 1.75. The SMILES string of the molecule is Cc1ccc(-c2ccc(C#CSI)cc2)cc1C. The Labute approximate surface area is 125 Å². The number of hydrogen-bond acceptors (Lipinski definition) is 1. The van der Waals surface area contributed by atoms with Crippen LogP contribution in [0.3, 0.4) is 0 Å². The lowest BCUT2D eigenvalue weighted by Crippen LogP contribution is -1.84. The highest BCUT2D eigenvalue weighted by molar-refractivity contribution is 14.2. The summed E-state index contributed by atoms with van der Waals surface area (Å²) in [5, 5.41) is 2.99. The van der Waals surface area contributed by atoms with Crippen molar-refractivity contribution in [3.8, 4) is 22.3 Å². The number of benzene rings is 2. The molecule has 0 amide bonds. The Bertz CT molecular complexity index is 603. The standard InChI is InChI=1S/C16H13IS/c1-12-3-6-16(11-13(12)2)15-7-4-14(5-8-15)9-10-18-17/h3-8,11H,1-2H3. The second-order valence-electron chi connectivity index (χ2n) is 4.18. The van der Waals surface area contributed by atoms with Gasteiger partial charge in [-0.1, -0.05) is 36.3 Å². The van der Waals surface area contributed by atoms with E-state index in [4.69, 9.17) is 0 Å². The molecular formula is C16H13IS. The summed E-state index contributed by atoms with van der Waals surface area (Å²) in [5.74, 6) is 3.10. The van der Waals surface area contributed by atoms with Crippen molar-refractivity contribution < 1.29 is 0 Å². The van der Waals surface area contributed by atoms with E-state index in [1.165, 1.54) is 31.2 Å². The van der Waals surface area contributed by atoms with Gasteiger partial charge in [0.1, 0.15) is 0 Å². The van der Waals surface area contributed by atoms with E-state index in [2.05, 4.69) is 88.7 Å². The van der Waals surface area contributed by atoms with Crippen LogP contribution >= 0.6 is 30.1 Å². The van der Waals surface area contributed by atoms with Gasteiger partial charge in [0.15, 0.2) is 0 Å². The normalized spacial score (nSPS) is 9.72. The first-order valence-corrected chi connectivity index (χ1v) is 9.03. The lowest BCUT2D eigenvalue weighted by molar-refractivity contribution is 1.34. The first kappa shape index (κ1) is 13.5. The number of hydrogen-bond donors (Lipinski definition) is 0.